The lowest BCUT2D eigenvalue weighted by molar-refractivity contribution is -0.267. The summed E-state index contributed by atoms with van der Waals surface area (Å²) in [4.78, 5) is 0. The van der Waals surface area contributed by atoms with E-state index >= 15 is 0 Å². The normalized spacial score (nSPS) is 43.2. The highest BCUT2D eigenvalue weighted by molar-refractivity contribution is 5.21. The highest BCUT2D eigenvalue weighted by Gasteiger charge is 2.57. The van der Waals surface area contributed by atoms with Crippen LogP contribution in [0.3, 0.4) is 0 Å². The van der Waals surface area contributed by atoms with Crippen LogP contribution in [0, 0.1) is 0 Å². The minimum absolute atomic E-state index is 0.156. The molecule has 1 aliphatic carbocycles. The summed E-state index contributed by atoms with van der Waals surface area (Å²) in [7, 11) is 0. The maximum Gasteiger partial charge on any atom is 0.125 e. The molecular formula is C13H18O6. The third-order valence-electron chi connectivity index (χ3n) is 3.70. The molecule has 6 atom stereocenters. The molecule has 1 saturated carbocycles. The second kappa shape index (κ2) is 5.16. The summed E-state index contributed by atoms with van der Waals surface area (Å²) in [5, 5.41) is 58.8. The van der Waals surface area contributed by atoms with Gasteiger partial charge in [-0.2, -0.15) is 0 Å². The molecule has 0 heterocycles. The van der Waals surface area contributed by atoms with Crippen LogP contribution < -0.4 is 0 Å². The van der Waals surface area contributed by atoms with Gasteiger partial charge in [0, 0.05) is 6.42 Å². The fourth-order valence-electron chi connectivity index (χ4n) is 2.47. The topological polar surface area (TPSA) is 121 Å². The molecule has 2 rings (SSSR count). The summed E-state index contributed by atoms with van der Waals surface area (Å²) in [5.41, 5.74) is -1.50. The van der Waals surface area contributed by atoms with E-state index in [0.29, 0.717) is 5.56 Å². The van der Waals surface area contributed by atoms with Crippen LogP contribution in [-0.2, 0) is 6.42 Å². The van der Waals surface area contributed by atoms with Gasteiger partial charge in [0.25, 0.3) is 0 Å². The van der Waals surface area contributed by atoms with Crippen LogP contribution in [-0.4, -0.2) is 66.8 Å². The first kappa shape index (κ1) is 14.4. The van der Waals surface area contributed by atoms with Gasteiger partial charge in [0.2, 0.25) is 0 Å². The van der Waals surface area contributed by atoms with Gasteiger partial charge >= 0.3 is 0 Å². The molecule has 1 fully saturated rings. The van der Waals surface area contributed by atoms with Crippen molar-refractivity contribution in [3.63, 3.8) is 0 Å². The predicted molar refractivity (Wildman–Crippen MR) is 65.1 cm³/mol. The lowest BCUT2D eigenvalue weighted by atomic mass is 9.72. The van der Waals surface area contributed by atoms with Gasteiger partial charge < -0.3 is 30.6 Å². The van der Waals surface area contributed by atoms with E-state index in [1.165, 1.54) is 0 Å². The van der Waals surface area contributed by atoms with Gasteiger partial charge in [-0.1, -0.05) is 30.3 Å². The van der Waals surface area contributed by atoms with Crippen molar-refractivity contribution in [2.24, 2.45) is 0 Å². The zero-order chi connectivity index (χ0) is 14.2. The summed E-state index contributed by atoms with van der Waals surface area (Å²) in [6, 6.07) is 8.58. The van der Waals surface area contributed by atoms with Gasteiger partial charge in [0.05, 0.1) is 0 Å². The number of benzene rings is 1. The molecule has 0 spiro atoms. The molecule has 1 aromatic carbocycles. The van der Waals surface area contributed by atoms with E-state index < -0.39 is 36.1 Å². The van der Waals surface area contributed by atoms with Gasteiger partial charge in [-0.3, -0.25) is 0 Å². The highest BCUT2D eigenvalue weighted by Crippen LogP contribution is 2.33. The van der Waals surface area contributed by atoms with E-state index in [4.69, 9.17) is 0 Å². The SMILES string of the molecule is OC1[C@H](O)[C@@H](O)C(O)(Cc2ccccc2)[C@@H](O)[C@H]1O. The third-order valence-corrected chi connectivity index (χ3v) is 3.70. The van der Waals surface area contributed by atoms with Crippen molar-refractivity contribution in [2.75, 3.05) is 0 Å². The molecule has 1 aromatic rings. The Bertz CT molecular complexity index is 406. The number of hydrogen-bond donors (Lipinski definition) is 6. The average molecular weight is 270 g/mol. The second-order valence-corrected chi connectivity index (χ2v) is 5.02. The van der Waals surface area contributed by atoms with E-state index in [2.05, 4.69) is 0 Å². The molecule has 0 radical (unpaired) electrons. The number of aliphatic hydroxyl groups excluding tert-OH is 5. The van der Waals surface area contributed by atoms with E-state index in [1.54, 1.807) is 30.3 Å². The number of hydrogen-bond acceptors (Lipinski definition) is 6. The molecule has 6 nitrogen and oxygen atoms in total. The fraction of sp³-hybridized carbons (Fsp3) is 0.538. The summed E-state index contributed by atoms with van der Waals surface area (Å²) >= 11 is 0. The molecule has 0 bridgehead atoms. The number of aliphatic hydroxyl groups is 6. The first-order chi connectivity index (χ1) is 8.88. The van der Waals surface area contributed by atoms with E-state index in [1.807, 2.05) is 0 Å². The second-order valence-electron chi connectivity index (χ2n) is 5.02. The lowest BCUT2D eigenvalue weighted by Crippen LogP contribution is -2.71. The van der Waals surface area contributed by atoms with Crippen LogP contribution in [0.4, 0.5) is 0 Å². The van der Waals surface area contributed by atoms with Gasteiger partial charge in [0.1, 0.15) is 36.1 Å². The minimum atomic E-state index is -2.13. The standard InChI is InChI=1S/C13H18O6/c14-8-9(15)11(17)13(19,12(18)10(8)16)6-7-4-2-1-3-5-7/h1-5,8-12,14-19H,6H2/t8?,9-,10-,11-,12+,13?/m0/s1. The Morgan fingerprint density at radius 2 is 1.26 bits per heavy atom. The van der Waals surface area contributed by atoms with Crippen molar-refractivity contribution in [3.05, 3.63) is 35.9 Å². The molecule has 6 heteroatoms. The first-order valence-corrected chi connectivity index (χ1v) is 6.04. The van der Waals surface area contributed by atoms with Crippen molar-refractivity contribution in [1.82, 2.24) is 0 Å². The number of rotatable bonds is 2. The van der Waals surface area contributed by atoms with E-state index in [0.717, 1.165) is 0 Å². The molecule has 0 aromatic heterocycles. The zero-order valence-corrected chi connectivity index (χ0v) is 10.2. The van der Waals surface area contributed by atoms with Crippen LogP contribution in [0.25, 0.3) is 0 Å². The molecule has 0 amide bonds. The molecule has 106 valence electrons. The zero-order valence-electron chi connectivity index (χ0n) is 10.2. The molecule has 19 heavy (non-hydrogen) atoms. The molecule has 2 unspecified atom stereocenters. The Morgan fingerprint density at radius 3 is 1.74 bits per heavy atom. The molecule has 0 saturated heterocycles. The minimum Gasteiger partial charge on any atom is -0.387 e. The summed E-state index contributed by atoms with van der Waals surface area (Å²) in [6.45, 7) is 0. The van der Waals surface area contributed by atoms with Crippen molar-refractivity contribution in [2.45, 2.75) is 42.5 Å². The fourth-order valence-corrected chi connectivity index (χ4v) is 2.47. The monoisotopic (exact) mass is 270 g/mol. The molecule has 0 aliphatic heterocycles. The largest absolute Gasteiger partial charge is 0.387 e. The Balaban J connectivity index is 2.29. The highest BCUT2D eigenvalue weighted by atomic mass is 16.4. The van der Waals surface area contributed by atoms with Gasteiger partial charge in [-0.25, -0.2) is 0 Å². The molecule has 1 aliphatic rings. The average Bonchev–Trinajstić information content (AvgIpc) is 2.43. The Labute approximate surface area is 110 Å². The Kier molecular flexibility index (Phi) is 3.91. The molecule has 6 N–H and O–H groups in total. The van der Waals surface area contributed by atoms with Gasteiger partial charge in [-0.15, -0.1) is 0 Å². The smallest absolute Gasteiger partial charge is 0.125 e. The van der Waals surface area contributed by atoms with Gasteiger partial charge in [0.15, 0.2) is 0 Å². The van der Waals surface area contributed by atoms with Crippen LogP contribution in [0.1, 0.15) is 5.56 Å². The first-order valence-electron chi connectivity index (χ1n) is 6.04. The third kappa shape index (κ3) is 2.38. The van der Waals surface area contributed by atoms with Crippen LogP contribution in [0.2, 0.25) is 0 Å². The molecular weight excluding hydrogens is 252 g/mol. The van der Waals surface area contributed by atoms with Crippen LogP contribution in [0.15, 0.2) is 30.3 Å². The van der Waals surface area contributed by atoms with Crippen molar-refractivity contribution in [3.8, 4) is 0 Å². The van der Waals surface area contributed by atoms with E-state index in [-0.39, 0.29) is 6.42 Å². The summed E-state index contributed by atoms with van der Waals surface area (Å²) < 4.78 is 0. The summed E-state index contributed by atoms with van der Waals surface area (Å²) in [5.74, 6) is 0. The Morgan fingerprint density at radius 1 is 0.789 bits per heavy atom. The van der Waals surface area contributed by atoms with Crippen LogP contribution >= 0.6 is 0 Å². The van der Waals surface area contributed by atoms with Crippen molar-refractivity contribution >= 4 is 0 Å². The maximum absolute atomic E-state index is 10.4. The quantitative estimate of drug-likeness (QED) is 0.362. The van der Waals surface area contributed by atoms with Crippen molar-refractivity contribution < 1.29 is 30.6 Å². The predicted octanol–water partition coefficient (Wildman–Crippen LogP) is -2.22. The van der Waals surface area contributed by atoms with Crippen LogP contribution in [0.5, 0.6) is 0 Å². The summed E-state index contributed by atoms with van der Waals surface area (Å²) in [6.07, 6.45) is -8.85. The van der Waals surface area contributed by atoms with E-state index in [9.17, 15) is 30.6 Å². The maximum atomic E-state index is 10.4. The Hall–Kier alpha value is -1.02. The van der Waals surface area contributed by atoms with Gasteiger partial charge in [-0.05, 0) is 5.56 Å². The lowest BCUT2D eigenvalue weighted by Gasteiger charge is -2.47. The van der Waals surface area contributed by atoms with Crippen molar-refractivity contribution in [1.29, 1.82) is 0 Å².